The first kappa shape index (κ1) is 16.3. The Labute approximate surface area is 147 Å². The number of hydrogen-bond donors (Lipinski definition) is 2. The molecule has 1 fully saturated rings. The topological polar surface area (TPSA) is 103 Å². The van der Waals surface area contributed by atoms with E-state index in [0.717, 1.165) is 36.3 Å². The molecule has 1 saturated carbocycles. The summed E-state index contributed by atoms with van der Waals surface area (Å²) in [5.41, 5.74) is 4.88. The Hall–Kier alpha value is -3.16. The van der Waals surface area contributed by atoms with Gasteiger partial charge in [-0.25, -0.2) is 4.39 Å². The van der Waals surface area contributed by atoms with Crippen LogP contribution in [0.15, 0.2) is 29.1 Å². The number of rotatable bonds is 3. The van der Waals surface area contributed by atoms with Gasteiger partial charge in [0, 0.05) is 6.07 Å². The lowest BCUT2D eigenvalue weighted by atomic mass is 10.1. The Bertz CT molecular complexity index is 993. The van der Waals surface area contributed by atoms with E-state index in [4.69, 9.17) is 10.5 Å². The molecule has 0 spiro atoms. The second kappa shape index (κ2) is 5.98. The van der Waals surface area contributed by atoms with E-state index >= 15 is 0 Å². The molecule has 0 saturated heterocycles. The van der Waals surface area contributed by atoms with E-state index in [2.05, 4.69) is 5.32 Å². The average Bonchev–Trinajstić information content (AvgIpc) is 3.18. The number of aromatic nitrogens is 1. The third kappa shape index (κ3) is 2.45. The highest BCUT2D eigenvalue weighted by molar-refractivity contribution is 6.23. The molecule has 0 atom stereocenters. The minimum atomic E-state index is -0.717. The first-order valence-electron chi connectivity index (χ1n) is 8.34. The molecular formula is C18H16FN3O4. The Morgan fingerprint density at radius 3 is 2.62 bits per heavy atom. The number of carbonyl (C=O) groups excluding carboxylic acids is 2. The zero-order valence-electron chi connectivity index (χ0n) is 13.8. The van der Waals surface area contributed by atoms with Gasteiger partial charge in [0.1, 0.15) is 17.3 Å². The zero-order chi connectivity index (χ0) is 18.4. The Kier molecular flexibility index (Phi) is 3.75. The van der Waals surface area contributed by atoms with Crippen molar-refractivity contribution in [3.8, 4) is 11.4 Å². The largest absolute Gasteiger partial charge is 0.488 e. The van der Waals surface area contributed by atoms with Gasteiger partial charge >= 0.3 is 0 Å². The molecule has 0 bridgehead atoms. The van der Waals surface area contributed by atoms with Gasteiger partial charge in [0.05, 0.1) is 17.2 Å². The van der Waals surface area contributed by atoms with Crippen LogP contribution in [-0.2, 0) is 0 Å². The lowest BCUT2D eigenvalue weighted by Crippen LogP contribution is -2.26. The number of pyridine rings is 1. The number of ether oxygens (including phenoxy) is 1. The van der Waals surface area contributed by atoms with Crippen molar-refractivity contribution < 1.29 is 18.7 Å². The predicted molar refractivity (Wildman–Crippen MR) is 91.1 cm³/mol. The number of benzene rings is 1. The van der Waals surface area contributed by atoms with Crippen molar-refractivity contribution in [1.29, 1.82) is 0 Å². The quantitative estimate of drug-likeness (QED) is 0.815. The second-order valence-corrected chi connectivity index (χ2v) is 6.39. The summed E-state index contributed by atoms with van der Waals surface area (Å²) in [7, 11) is 0. The first-order chi connectivity index (χ1) is 12.5. The lowest BCUT2D eigenvalue weighted by Gasteiger charge is -2.19. The molecule has 7 nitrogen and oxygen atoms in total. The van der Waals surface area contributed by atoms with Gasteiger partial charge in [-0.2, -0.15) is 0 Å². The van der Waals surface area contributed by atoms with E-state index in [-0.39, 0.29) is 34.5 Å². The van der Waals surface area contributed by atoms with E-state index in [1.54, 1.807) is 6.07 Å². The van der Waals surface area contributed by atoms with E-state index in [9.17, 15) is 18.8 Å². The highest BCUT2D eigenvalue weighted by atomic mass is 19.1. The van der Waals surface area contributed by atoms with Gasteiger partial charge in [0.2, 0.25) is 0 Å². The highest BCUT2D eigenvalue weighted by Crippen LogP contribution is 2.32. The summed E-state index contributed by atoms with van der Waals surface area (Å²) in [6, 6.07) is 5.20. The van der Waals surface area contributed by atoms with Crippen LogP contribution in [0.1, 0.15) is 46.4 Å². The number of hydrogen-bond acceptors (Lipinski definition) is 5. The van der Waals surface area contributed by atoms with Crippen molar-refractivity contribution >= 4 is 17.6 Å². The summed E-state index contributed by atoms with van der Waals surface area (Å²) in [6.45, 7) is 0. The Morgan fingerprint density at radius 2 is 1.88 bits per heavy atom. The summed E-state index contributed by atoms with van der Waals surface area (Å²) in [4.78, 5) is 36.3. The van der Waals surface area contributed by atoms with Crippen LogP contribution < -0.4 is 21.3 Å². The number of halogens is 1. The summed E-state index contributed by atoms with van der Waals surface area (Å²) in [5, 5.41) is 2.08. The highest BCUT2D eigenvalue weighted by Gasteiger charge is 2.33. The SMILES string of the molecule is Nc1c2c(cc(=O)n1-c1c(F)cccc1OC1CCCC1)C(=O)NC2=O. The van der Waals surface area contributed by atoms with Crippen molar-refractivity contribution in [2.45, 2.75) is 31.8 Å². The molecule has 26 heavy (non-hydrogen) atoms. The molecule has 134 valence electrons. The van der Waals surface area contributed by atoms with Gasteiger partial charge in [-0.3, -0.25) is 24.3 Å². The van der Waals surface area contributed by atoms with E-state index in [1.807, 2.05) is 0 Å². The third-order valence-corrected chi connectivity index (χ3v) is 4.72. The van der Waals surface area contributed by atoms with E-state index < -0.39 is 23.2 Å². The zero-order valence-corrected chi connectivity index (χ0v) is 13.8. The van der Waals surface area contributed by atoms with Crippen LogP contribution in [0.5, 0.6) is 5.75 Å². The maximum Gasteiger partial charge on any atom is 0.262 e. The molecule has 2 amide bonds. The molecule has 0 unspecified atom stereocenters. The minimum Gasteiger partial charge on any atom is -0.488 e. The number of nitrogens with zero attached hydrogens (tertiary/aromatic N) is 1. The van der Waals surface area contributed by atoms with Gasteiger partial charge in [-0.05, 0) is 37.8 Å². The number of para-hydroxylation sites is 1. The van der Waals surface area contributed by atoms with Gasteiger partial charge < -0.3 is 10.5 Å². The number of nitrogen functional groups attached to an aromatic ring is 1. The lowest BCUT2D eigenvalue weighted by molar-refractivity contribution is 0.0880. The average molecular weight is 357 g/mol. The van der Waals surface area contributed by atoms with Crippen LogP contribution in [0.3, 0.4) is 0 Å². The van der Waals surface area contributed by atoms with Crippen molar-refractivity contribution in [1.82, 2.24) is 9.88 Å². The molecule has 3 N–H and O–H groups in total. The number of nitrogens with one attached hydrogen (secondary N) is 1. The molecule has 8 heteroatoms. The van der Waals surface area contributed by atoms with Crippen molar-refractivity contribution in [3.63, 3.8) is 0 Å². The van der Waals surface area contributed by atoms with Crippen molar-refractivity contribution in [2.75, 3.05) is 5.73 Å². The van der Waals surface area contributed by atoms with Gasteiger partial charge in [-0.15, -0.1) is 0 Å². The predicted octanol–water partition coefficient (Wildman–Crippen LogP) is 1.76. The van der Waals surface area contributed by atoms with Crippen molar-refractivity contribution in [3.05, 3.63) is 51.6 Å². The molecular weight excluding hydrogens is 341 g/mol. The monoisotopic (exact) mass is 357 g/mol. The number of carbonyl (C=O) groups is 2. The van der Waals surface area contributed by atoms with Crippen LogP contribution >= 0.6 is 0 Å². The molecule has 2 aromatic rings. The van der Waals surface area contributed by atoms with E-state index in [0.29, 0.717) is 0 Å². The molecule has 0 radical (unpaired) electrons. The Balaban J connectivity index is 1.91. The second-order valence-electron chi connectivity index (χ2n) is 6.39. The van der Waals surface area contributed by atoms with Crippen LogP contribution in [0.25, 0.3) is 5.69 Å². The fourth-order valence-corrected chi connectivity index (χ4v) is 3.50. The summed E-state index contributed by atoms with van der Waals surface area (Å²) in [6.07, 6.45) is 3.69. The summed E-state index contributed by atoms with van der Waals surface area (Å²) in [5.74, 6) is -2.24. The fourth-order valence-electron chi connectivity index (χ4n) is 3.50. The molecule has 2 heterocycles. The fraction of sp³-hybridized carbons (Fsp3) is 0.278. The van der Waals surface area contributed by atoms with Crippen LogP contribution in [0, 0.1) is 5.82 Å². The van der Waals surface area contributed by atoms with Crippen LogP contribution in [0.2, 0.25) is 0 Å². The number of anilines is 1. The maximum absolute atomic E-state index is 14.6. The van der Waals surface area contributed by atoms with E-state index in [1.165, 1.54) is 12.1 Å². The normalized spacial score (nSPS) is 16.7. The molecule has 1 aromatic carbocycles. The van der Waals surface area contributed by atoms with Crippen LogP contribution in [0.4, 0.5) is 10.2 Å². The molecule has 4 rings (SSSR count). The minimum absolute atomic E-state index is 0.0632. The molecule has 1 aromatic heterocycles. The number of amides is 2. The summed E-state index contributed by atoms with van der Waals surface area (Å²) >= 11 is 0. The molecule has 1 aliphatic heterocycles. The third-order valence-electron chi connectivity index (χ3n) is 4.72. The molecule has 1 aliphatic carbocycles. The van der Waals surface area contributed by atoms with Crippen molar-refractivity contribution in [2.24, 2.45) is 0 Å². The summed E-state index contributed by atoms with van der Waals surface area (Å²) < 4.78 is 21.4. The maximum atomic E-state index is 14.6. The van der Waals surface area contributed by atoms with Gasteiger partial charge in [0.25, 0.3) is 17.4 Å². The Morgan fingerprint density at radius 1 is 1.15 bits per heavy atom. The standard InChI is InChI=1S/C18H16FN3O4/c19-11-6-3-7-12(26-9-4-1-2-5-9)15(11)22-13(23)8-10-14(16(22)20)18(25)21-17(10)24/h3,6-9H,1-2,4-5,20H2,(H,21,24,25). The first-order valence-corrected chi connectivity index (χ1v) is 8.34. The smallest absolute Gasteiger partial charge is 0.262 e. The number of fused-ring (bicyclic) bond motifs is 1. The van der Waals surface area contributed by atoms with Crippen LogP contribution in [-0.4, -0.2) is 22.5 Å². The number of nitrogens with two attached hydrogens (primary N) is 1. The van der Waals surface area contributed by atoms with Gasteiger partial charge in [-0.1, -0.05) is 6.07 Å². The number of imide groups is 1. The van der Waals surface area contributed by atoms with Gasteiger partial charge in [0.15, 0.2) is 5.82 Å². The molecule has 2 aliphatic rings.